The average molecular weight is 248 g/mol. The number of rotatable bonds is 3. The minimum Gasteiger partial charge on any atom is -0.306 e. The lowest BCUT2D eigenvalue weighted by molar-refractivity contribution is -0.132. The van der Waals surface area contributed by atoms with E-state index in [-0.39, 0.29) is 11.9 Å². The van der Waals surface area contributed by atoms with Crippen molar-refractivity contribution in [1.29, 1.82) is 0 Å². The Morgan fingerprint density at radius 2 is 1.89 bits per heavy atom. The molecule has 0 atom stereocenters. The number of hydrogen-bond donors (Lipinski definition) is 0. The van der Waals surface area contributed by atoms with Crippen molar-refractivity contribution in [2.45, 2.75) is 18.9 Å². The largest absolute Gasteiger partial charge is 0.306 e. The van der Waals surface area contributed by atoms with E-state index in [4.69, 9.17) is 4.84 Å². The average Bonchev–Trinajstić information content (AvgIpc) is 2.42. The first-order chi connectivity index (χ1) is 8.72. The van der Waals surface area contributed by atoms with Crippen LogP contribution >= 0.6 is 0 Å². The fourth-order valence-corrected chi connectivity index (χ4v) is 2.34. The highest BCUT2D eigenvalue weighted by atomic mass is 16.7. The van der Waals surface area contributed by atoms with Crippen molar-refractivity contribution in [3.8, 4) is 0 Å². The van der Waals surface area contributed by atoms with Gasteiger partial charge in [0.1, 0.15) is 0 Å². The minimum atomic E-state index is -0.0485. The molecule has 1 amide bonds. The summed E-state index contributed by atoms with van der Waals surface area (Å²) in [6.07, 6.45) is 1.92. The molecular formula is C14H20N2O2. The maximum Gasteiger partial charge on any atom is 0.277 e. The van der Waals surface area contributed by atoms with Crippen LogP contribution in [0.4, 0.5) is 0 Å². The first-order valence-corrected chi connectivity index (χ1v) is 6.33. The molecule has 1 saturated heterocycles. The Kier molecular flexibility index (Phi) is 4.33. The summed E-state index contributed by atoms with van der Waals surface area (Å²) in [5, 5.41) is 1.53. The molecule has 98 valence electrons. The smallest absolute Gasteiger partial charge is 0.277 e. The van der Waals surface area contributed by atoms with Gasteiger partial charge in [0.2, 0.25) is 0 Å². The third-order valence-electron chi connectivity index (χ3n) is 3.44. The van der Waals surface area contributed by atoms with Crippen molar-refractivity contribution < 1.29 is 9.63 Å². The molecule has 4 heteroatoms. The van der Waals surface area contributed by atoms with Gasteiger partial charge in [-0.05, 0) is 45.1 Å². The number of amides is 1. The summed E-state index contributed by atoms with van der Waals surface area (Å²) < 4.78 is 0. The molecule has 0 aliphatic carbocycles. The predicted octanol–water partition coefficient (Wildman–Crippen LogP) is 1.78. The number of hydroxylamine groups is 2. The van der Waals surface area contributed by atoms with Crippen LogP contribution in [0, 0.1) is 0 Å². The van der Waals surface area contributed by atoms with Crippen LogP contribution in [-0.2, 0) is 4.84 Å². The van der Waals surface area contributed by atoms with Crippen molar-refractivity contribution in [2.75, 3.05) is 27.2 Å². The van der Waals surface area contributed by atoms with Gasteiger partial charge in [-0.15, -0.1) is 0 Å². The lowest BCUT2D eigenvalue weighted by Gasteiger charge is -2.35. The summed E-state index contributed by atoms with van der Waals surface area (Å²) in [6, 6.07) is 9.47. The van der Waals surface area contributed by atoms with Gasteiger partial charge in [0.25, 0.3) is 5.91 Å². The summed E-state index contributed by atoms with van der Waals surface area (Å²) in [7, 11) is 3.67. The normalized spacial score (nSPS) is 17.7. The number of piperidine rings is 1. The summed E-state index contributed by atoms with van der Waals surface area (Å²) in [6.45, 7) is 2.01. The molecule has 4 nitrogen and oxygen atoms in total. The maximum atomic E-state index is 12.3. The van der Waals surface area contributed by atoms with E-state index in [1.54, 1.807) is 7.11 Å². The second-order valence-corrected chi connectivity index (χ2v) is 4.71. The zero-order valence-electron chi connectivity index (χ0n) is 11.0. The molecule has 0 spiro atoms. The quantitative estimate of drug-likeness (QED) is 0.764. The molecule has 0 bridgehead atoms. The second-order valence-electron chi connectivity index (χ2n) is 4.71. The van der Waals surface area contributed by atoms with Gasteiger partial charge < -0.3 is 4.90 Å². The Labute approximate surface area is 108 Å². The van der Waals surface area contributed by atoms with E-state index < -0.39 is 0 Å². The number of carbonyl (C=O) groups is 1. The zero-order chi connectivity index (χ0) is 13.0. The number of carbonyl (C=O) groups excluding carboxylic acids is 1. The lowest BCUT2D eigenvalue weighted by atomic mass is 10.0. The maximum absolute atomic E-state index is 12.3. The molecule has 1 aromatic rings. The van der Waals surface area contributed by atoms with Crippen LogP contribution < -0.4 is 0 Å². The molecule has 1 aliphatic rings. The fraction of sp³-hybridized carbons (Fsp3) is 0.500. The number of benzene rings is 1. The van der Waals surface area contributed by atoms with Crippen LogP contribution in [0.5, 0.6) is 0 Å². The topological polar surface area (TPSA) is 32.8 Å². The van der Waals surface area contributed by atoms with Gasteiger partial charge in [0.05, 0.1) is 13.2 Å². The molecule has 0 radical (unpaired) electrons. The van der Waals surface area contributed by atoms with Gasteiger partial charge in [0.15, 0.2) is 0 Å². The molecule has 0 unspecified atom stereocenters. The Bertz CT molecular complexity index is 386. The van der Waals surface area contributed by atoms with Crippen LogP contribution in [0.3, 0.4) is 0 Å². The van der Waals surface area contributed by atoms with E-state index in [2.05, 4.69) is 11.9 Å². The summed E-state index contributed by atoms with van der Waals surface area (Å²) >= 11 is 0. The van der Waals surface area contributed by atoms with Gasteiger partial charge in [-0.3, -0.25) is 9.63 Å². The molecule has 18 heavy (non-hydrogen) atoms. The highest BCUT2D eigenvalue weighted by Gasteiger charge is 2.27. The van der Waals surface area contributed by atoms with Crippen LogP contribution in [0.25, 0.3) is 0 Å². The second kappa shape index (κ2) is 5.98. The summed E-state index contributed by atoms with van der Waals surface area (Å²) in [5.41, 5.74) is 0.679. The van der Waals surface area contributed by atoms with Crippen LogP contribution in [-0.4, -0.2) is 49.2 Å². The van der Waals surface area contributed by atoms with Crippen molar-refractivity contribution in [3.63, 3.8) is 0 Å². The minimum absolute atomic E-state index is 0.0485. The molecule has 0 aromatic heterocycles. The predicted molar refractivity (Wildman–Crippen MR) is 70.1 cm³/mol. The molecule has 1 fully saturated rings. The van der Waals surface area contributed by atoms with E-state index in [1.807, 2.05) is 30.3 Å². The molecule has 1 heterocycles. The van der Waals surface area contributed by atoms with E-state index in [0.29, 0.717) is 5.56 Å². The summed E-state index contributed by atoms with van der Waals surface area (Å²) in [5.74, 6) is -0.0485. The van der Waals surface area contributed by atoms with Crippen LogP contribution in [0.1, 0.15) is 23.2 Å². The zero-order valence-corrected chi connectivity index (χ0v) is 11.0. The third kappa shape index (κ3) is 2.89. The lowest BCUT2D eigenvalue weighted by Crippen LogP contribution is -2.46. The first-order valence-electron chi connectivity index (χ1n) is 6.33. The van der Waals surface area contributed by atoms with Gasteiger partial charge in [0, 0.05) is 5.56 Å². The van der Waals surface area contributed by atoms with Crippen LogP contribution in [0.15, 0.2) is 30.3 Å². The Morgan fingerprint density at radius 3 is 2.44 bits per heavy atom. The molecule has 1 aliphatic heterocycles. The molecule has 0 saturated carbocycles. The van der Waals surface area contributed by atoms with E-state index in [0.717, 1.165) is 25.9 Å². The van der Waals surface area contributed by atoms with E-state index in [1.165, 1.54) is 5.06 Å². The van der Waals surface area contributed by atoms with Crippen molar-refractivity contribution in [3.05, 3.63) is 35.9 Å². The van der Waals surface area contributed by atoms with Crippen molar-refractivity contribution in [1.82, 2.24) is 9.96 Å². The van der Waals surface area contributed by atoms with Gasteiger partial charge in [-0.25, -0.2) is 5.06 Å². The van der Waals surface area contributed by atoms with E-state index >= 15 is 0 Å². The third-order valence-corrected chi connectivity index (χ3v) is 3.44. The Morgan fingerprint density at radius 1 is 1.28 bits per heavy atom. The number of hydrogen-bond acceptors (Lipinski definition) is 3. The number of nitrogens with zero attached hydrogens (tertiary/aromatic N) is 2. The van der Waals surface area contributed by atoms with Crippen molar-refractivity contribution in [2.24, 2.45) is 0 Å². The van der Waals surface area contributed by atoms with Crippen LogP contribution in [0.2, 0.25) is 0 Å². The highest BCUT2D eigenvalue weighted by Crippen LogP contribution is 2.18. The number of likely N-dealkylation sites (tertiary alicyclic amines) is 1. The SMILES string of the molecule is CON(C(=O)c1ccccc1)C1CCN(C)CC1. The fourth-order valence-electron chi connectivity index (χ4n) is 2.34. The van der Waals surface area contributed by atoms with Crippen molar-refractivity contribution >= 4 is 5.91 Å². The molecule has 1 aromatic carbocycles. The van der Waals surface area contributed by atoms with Gasteiger partial charge in [-0.1, -0.05) is 18.2 Å². The van der Waals surface area contributed by atoms with Gasteiger partial charge in [-0.2, -0.15) is 0 Å². The molecular weight excluding hydrogens is 228 g/mol. The van der Waals surface area contributed by atoms with Gasteiger partial charge >= 0.3 is 0 Å². The standard InChI is InChI=1S/C14H20N2O2/c1-15-10-8-13(9-11-15)16(18-2)14(17)12-6-4-3-5-7-12/h3-7,13H,8-11H2,1-2H3. The van der Waals surface area contributed by atoms with E-state index in [9.17, 15) is 4.79 Å². The summed E-state index contributed by atoms with van der Waals surface area (Å²) in [4.78, 5) is 19.9. The molecule has 2 rings (SSSR count). The Hall–Kier alpha value is -1.39. The monoisotopic (exact) mass is 248 g/mol. The Balaban J connectivity index is 2.07. The first kappa shape index (κ1) is 13.1. The molecule has 0 N–H and O–H groups in total. The highest BCUT2D eigenvalue weighted by molar-refractivity contribution is 5.93.